The number of carbonyl (C=O) groups excluding carboxylic acids is 2. The zero-order valence-corrected chi connectivity index (χ0v) is 16.9. The van der Waals surface area contributed by atoms with Crippen LogP contribution in [0.4, 0.5) is 4.79 Å². The maximum atomic E-state index is 12.4. The molecule has 1 atom stereocenters. The Labute approximate surface area is 174 Å². The van der Waals surface area contributed by atoms with Gasteiger partial charge >= 0.3 is 6.09 Å². The van der Waals surface area contributed by atoms with Gasteiger partial charge in [0.1, 0.15) is 5.82 Å². The highest BCUT2D eigenvalue weighted by atomic mass is 16.5. The van der Waals surface area contributed by atoms with Crippen LogP contribution in [-0.2, 0) is 11.3 Å². The second-order valence-corrected chi connectivity index (χ2v) is 7.89. The first-order chi connectivity index (χ1) is 14.7. The van der Waals surface area contributed by atoms with Crippen molar-refractivity contribution < 1.29 is 14.3 Å². The second-order valence-electron chi connectivity index (χ2n) is 7.89. The van der Waals surface area contributed by atoms with Crippen molar-refractivity contribution >= 4 is 23.0 Å². The Hall–Kier alpha value is -3.35. The van der Waals surface area contributed by atoms with E-state index in [0.717, 1.165) is 41.8 Å². The van der Waals surface area contributed by atoms with Gasteiger partial charge < -0.3 is 19.5 Å². The number of carbonyl (C=O) groups is 2. The molecule has 30 heavy (non-hydrogen) atoms. The summed E-state index contributed by atoms with van der Waals surface area (Å²) in [4.78, 5) is 30.9. The molecule has 2 aromatic carbocycles. The third kappa shape index (κ3) is 3.10. The van der Waals surface area contributed by atoms with E-state index in [0.29, 0.717) is 31.1 Å². The molecule has 3 aromatic rings. The number of imidazole rings is 1. The smallest absolute Gasteiger partial charge is 0.409 e. The zero-order valence-electron chi connectivity index (χ0n) is 16.9. The summed E-state index contributed by atoms with van der Waals surface area (Å²) in [6.45, 7) is 2.70. The van der Waals surface area contributed by atoms with Crippen molar-refractivity contribution in [2.24, 2.45) is 0 Å². The van der Waals surface area contributed by atoms with Crippen molar-refractivity contribution in [3.05, 3.63) is 53.6 Å². The molecule has 0 aliphatic carbocycles. The number of benzene rings is 2. The fourth-order valence-electron chi connectivity index (χ4n) is 4.63. The molecule has 0 saturated carbocycles. The van der Waals surface area contributed by atoms with Crippen LogP contribution in [-0.4, -0.2) is 53.2 Å². The van der Waals surface area contributed by atoms with Crippen LogP contribution in [0.3, 0.4) is 0 Å². The lowest BCUT2D eigenvalue weighted by molar-refractivity contribution is 0.0956. The number of methoxy groups -OCH3 is 1. The Morgan fingerprint density at radius 1 is 1.17 bits per heavy atom. The Balaban J connectivity index is 1.47. The number of nitrogens with one attached hydrogen (secondary N) is 1. The van der Waals surface area contributed by atoms with E-state index in [-0.39, 0.29) is 12.0 Å². The number of ether oxygens (including phenoxy) is 1. The molecule has 5 rings (SSSR count). The van der Waals surface area contributed by atoms with Gasteiger partial charge in [0.05, 0.1) is 23.7 Å². The van der Waals surface area contributed by atoms with Crippen molar-refractivity contribution in [2.45, 2.75) is 25.3 Å². The molecule has 1 fully saturated rings. The summed E-state index contributed by atoms with van der Waals surface area (Å²) in [5, 5.41) is 2.96. The maximum absolute atomic E-state index is 12.4. The van der Waals surface area contributed by atoms with Gasteiger partial charge in [-0.1, -0.05) is 30.3 Å². The molecule has 1 saturated heterocycles. The van der Waals surface area contributed by atoms with Gasteiger partial charge in [0.2, 0.25) is 0 Å². The summed E-state index contributed by atoms with van der Waals surface area (Å²) in [6, 6.07) is 14.1. The van der Waals surface area contributed by atoms with Crippen LogP contribution in [0, 0.1) is 0 Å². The number of rotatable bonds is 2. The predicted molar refractivity (Wildman–Crippen MR) is 113 cm³/mol. The van der Waals surface area contributed by atoms with Gasteiger partial charge in [0.25, 0.3) is 5.91 Å². The van der Waals surface area contributed by atoms with Crippen molar-refractivity contribution in [3.63, 3.8) is 0 Å². The SMILES string of the molecule is COC(=O)N1CCCC(c2ccc(-c3nc4cccc5c4n3CCNC5=O)cc2)C1. The molecule has 1 unspecified atom stereocenters. The first-order valence-corrected chi connectivity index (χ1v) is 10.4. The van der Waals surface area contributed by atoms with E-state index >= 15 is 0 Å². The van der Waals surface area contributed by atoms with Gasteiger partial charge in [-0.3, -0.25) is 4.79 Å². The number of nitrogens with zero attached hydrogens (tertiary/aromatic N) is 3. The van der Waals surface area contributed by atoms with E-state index in [1.165, 1.54) is 12.7 Å². The number of likely N-dealkylation sites (tertiary alicyclic amines) is 1. The van der Waals surface area contributed by atoms with Crippen LogP contribution >= 0.6 is 0 Å². The fourth-order valence-corrected chi connectivity index (χ4v) is 4.63. The minimum Gasteiger partial charge on any atom is -0.453 e. The number of hydrogen-bond acceptors (Lipinski definition) is 4. The number of piperidine rings is 1. The summed E-state index contributed by atoms with van der Waals surface area (Å²) in [5.74, 6) is 1.13. The lowest BCUT2D eigenvalue weighted by Crippen LogP contribution is -2.38. The minimum atomic E-state index is -0.255. The molecule has 2 amide bonds. The summed E-state index contributed by atoms with van der Waals surface area (Å²) < 4.78 is 7.02. The lowest BCUT2D eigenvalue weighted by Gasteiger charge is -2.32. The number of amides is 2. The first kappa shape index (κ1) is 18.7. The number of para-hydroxylation sites is 1. The molecule has 154 valence electrons. The maximum Gasteiger partial charge on any atom is 0.409 e. The Kier molecular flexibility index (Phi) is 4.65. The van der Waals surface area contributed by atoms with Gasteiger partial charge in [-0.2, -0.15) is 0 Å². The Morgan fingerprint density at radius 3 is 2.80 bits per heavy atom. The highest BCUT2D eigenvalue weighted by molar-refractivity contribution is 6.06. The molecular formula is C23H24N4O3. The van der Waals surface area contributed by atoms with Crippen LogP contribution in [0.15, 0.2) is 42.5 Å². The van der Waals surface area contributed by atoms with Gasteiger partial charge in [0, 0.05) is 37.7 Å². The van der Waals surface area contributed by atoms with Crippen LogP contribution in [0.5, 0.6) is 0 Å². The van der Waals surface area contributed by atoms with E-state index < -0.39 is 0 Å². The molecule has 1 N–H and O–H groups in total. The van der Waals surface area contributed by atoms with E-state index in [9.17, 15) is 9.59 Å². The Bertz CT molecular complexity index is 1120. The first-order valence-electron chi connectivity index (χ1n) is 10.4. The summed E-state index contributed by atoms with van der Waals surface area (Å²) in [5.41, 5.74) is 4.65. The normalized spacial score (nSPS) is 18.8. The standard InChI is InChI=1S/C23H24N4O3/c1-30-23(29)26-12-3-4-17(14-26)15-7-9-16(10-8-15)21-25-19-6-2-5-18-20(19)27(21)13-11-24-22(18)28/h2,5-10,17H,3-4,11-14H2,1H3,(H,24,28). The molecule has 2 aliphatic rings. The molecule has 2 aliphatic heterocycles. The molecule has 3 heterocycles. The number of hydrogen-bond donors (Lipinski definition) is 1. The summed E-state index contributed by atoms with van der Waals surface area (Å²) in [7, 11) is 1.43. The third-order valence-electron chi connectivity index (χ3n) is 6.13. The largest absolute Gasteiger partial charge is 0.453 e. The second kappa shape index (κ2) is 7.48. The molecule has 7 heteroatoms. The van der Waals surface area contributed by atoms with Crippen molar-refractivity contribution in [1.29, 1.82) is 0 Å². The summed E-state index contributed by atoms with van der Waals surface area (Å²) in [6.07, 6.45) is 1.78. The van der Waals surface area contributed by atoms with E-state index in [2.05, 4.69) is 34.1 Å². The van der Waals surface area contributed by atoms with Crippen molar-refractivity contribution in [1.82, 2.24) is 19.8 Å². The molecule has 0 radical (unpaired) electrons. The quantitative estimate of drug-likeness (QED) is 0.710. The van der Waals surface area contributed by atoms with Crippen molar-refractivity contribution in [2.75, 3.05) is 26.7 Å². The topological polar surface area (TPSA) is 76.5 Å². The fraction of sp³-hybridized carbons (Fsp3) is 0.348. The van der Waals surface area contributed by atoms with Gasteiger partial charge in [0.15, 0.2) is 0 Å². The monoisotopic (exact) mass is 404 g/mol. The highest BCUT2D eigenvalue weighted by Crippen LogP contribution is 2.31. The summed E-state index contributed by atoms with van der Waals surface area (Å²) >= 11 is 0. The van der Waals surface area contributed by atoms with Crippen molar-refractivity contribution in [3.8, 4) is 11.4 Å². The molecule has 0 spiro atoms. The third-order valence-corrected chi connectivity index (χ3v) is 6.13. The van der Waals surface area contributed by atoms with E-state index in [4.69, 9.17) is 9.72 Å². The van der Waals surface area contributed by atoms with E-state index in [1.807, 2.05) is 18.2 Å². The van der Waals surface area contributed by atoms with Gasteiger partial charge in [-0.15, -0.1) is 0 Å². The highest BCUT2D eigenvalue weighted by Gasteiger charge is 2.26. The average molecular weight is 404 g/mol. The lowest BCUT2D eigenvalue weighted by atomic mass is 9.90. The van der Waals surface area contributed by atoms with Crippen LogP contribution < -0.4 is 5.32 Å². The van der Waals surface area contributed by atoms with Gasteiger partial charge in [-0.05, 0) is 30.5 Å². The average Bonchev–Trinajstić information content (AvgIpc) is 3.08. The van der Waals surface area contributed by atoms with Crippen LogP contribution in [0.25, 0.3) is 22.4 Å². The van der Waals surface area contributed by atoms with Gasteiger partial charge in [-0.25, -0.2) is 9.78 Å². The Morgan fingerprint density at radius 2 is 2.00 bits per heavy atom. The van der Waals surface area contributed by atoms with E-state index in [1.54, 1.807) is 4.90 Å². The molecule has 7 nitrogen and oxygen atoms in total. The minimum absolute atomic E-state index is 0.0476. The zero-order chi connectivity index (χ0) is 20.7. The molecule has 1 aromatic heterocycles. The molecule has 0 bridgehead atoms. The van der Waals surface area contributed by atoms with Crippen LogP contribution in [0.1, 0.15) is 34.7 Å². The predicted octanol–water partition coefficient (Wildman–Crippen LogP) is 3.39. The molecular weight excluding hydrogens is 380 g/mol. The van der Waals surface area contributed by atoms with Crippen LogP contribution in [0.2, 0.25) is 0 Å². The number of aromatic nitrogens is 2.